The molecular weight excluding hydrogens is 432 g/mol. The third-order valence-electron chi connectivity index (χ3n) is 4.84. The molecule has 1 aromatic carbocycles. The molecule has 1 aliphatic rings. The zero-order valence-electron chi connectivity index (χ0n) is 15.7. The Kier molecular flexibility index (Phi) is 5.79. The maximum absolute atomic E-state index is 13.0. The van der Waals surface area contributed by atoms with Gasteiger partial charge in [-0.05, 0) is 65.5 Å². The minimum Gasteiger partial charge on any atom is -0.444 e. The zero-order chi connectivity index (χ0) is 19.8. The summed E-state index contributed by atoms with van der Waals surface area (Å²) in [5, 5.41) is 0. The van der Waals surface area contributed by atoms with E-state index >= 15 is 0 Å². The standard InChI is InChI=1S/C19H23BrN2O4S/c1-4-21(5-2)27(24,25)15-8-9-16-14(12-15)7-6-10-22(16)19(23)18-13(3)11-17(20)26-18/h8-9,11-12H,4-7,10H2,1-3H3. The second kappa shape index (κ2) is 7.77. The van der Waals surface area contributed by atoms with Crippen molar-refractivity contribution in [2.24, 2.45) is 0 Å². The number of nitrogens with zero attached hydrogens (tertiary/aromatic N) is 2. The molecule has 0 atom stereocenters. The van der Waals surface area contributed by atoms with Gasteiger partial charge in [-0.2, -0.15) is 4.31 Å². The molecule has 0 saturated carbocycles. The number of amides is 1. The summed E-state index contributed by atoms with van der Waals surface area (Å²) < 4.78 is 33.0. The Balaban J connectivity index is 1.98. The number of carbonyl (C=O) groups is 1. The minimum absolute atomic E-state index is 0.210. The van der Waals surface area contributed by atoms with Gasteiger partial charge in [-0.1, -0.05) is 13.8 Å². The molecule has 8 heteroatoms. The molecule has 1 aromatic heterocycles. The molecule has 0 radical (unpaired) electrons. The first-order valence-corrected chi connectivity index (χ1v) is 11.2. The predicted molar refractivity (Wildman–Crippen MR) is 108 cm³/mol. The Morgan fingerprint density at radius 3 is 2.56 bits per heavy atom. The maximum atomic E-state index is 13.0. The molecule has 2 aromatic rings. The first-order chi connectivity index (χ1) is 12.8. The van der Waals surface area contributed by atoms with Crippen molar-refractivity contribution in [3.8, 4) is 0 Å². The van der Waals surface area contributed by atoms with Gasteiger partial charge in [0.25, 0.3) is 5.91 Å². The maximum Gasteiger partial charge on any atom is 0.294 e. The van der Waals surface area contributed by atoms with Crippen LogP contribution in [0.1, 0.15) is 41.9 Å². The van der Waals surface area contributed by atoms with E-state index in [2.05, 4.69) is 15.9 Å². The SMILES string of the molecule is CCN(CC)S(=O)(=O)c1ccc2c(c1)CCCN2C(=O)c1oc(Br)cc1C. The first-order valence-electron chi connectivity index (χ1n) is 9.00. The van der Waals surface area contributed by atoms with Crippen LogP contribution in [-0.2, 0) is 16.4 Å². The van der Waals surface area contributed by atoms with Gasteiger partial charge in [0.05, 0.1) is 4.90 Å². The summed E-state index contributed by atoms with van der Waals surface area (Å²) in [7, 11) is -3.52. The van der Waals surface area contributed by atoms with Gasteiger partial charge < -0.3 is 9.32 Å². The molecule has 0 fully saturated rings. The Labute approximate surface area is 168 Å². The molecular formula is C19H23BrN2O4S. The lowest BCUT2D eigenvalue weighted by molar-refractivity contribution is 0.0956. The van der Waals surface area contributed by atoms with E-state index < -0.39 is 10.0 Å². The quantitative estimate of drug-likeness (QED) is 0.684. The van der Waals surface area contributed by atoms with Crippen molar-refractivity contribution < 1.29 is 17.6 Å². The summed E-state index contributed by atoms with van der Waals surface area (Å²) in [6, 6.07) is 6.78. The van der Waals surface area contributed by atoms with E-state index in [1.807, 2.05) is 20.8 Å². The highest BCUT2D eigenvalue weighted by Crippen LogP contribution is 2.32. The van der Waals surface area contributed by atoms with E-state index in [9.17, 15) is 13.2 Å². The number of hydrogen-bond acceptors (Lipinski definition) is 4. The highest BCUT2D eigenvalue weighted by Gasteiger charge is 2.29. The van der Waals surface area contributed by atoms with Crippen molar-refractivity contribution in [3.63, 3.8) is 0 Å². The fourth-order valence-electron chi connectivity index (χ4n) is 3.44. The Bertz CT molecular complexity index is 964. The largest absolute Gasteiger partial charge is 0.444 e. The molecule has 6 nitrogen and oxygen atoms in total. The van der Waals surface area contributed by atoms with Gasteiger partial charge >= 0.3 is 0 Å². The van der Waals surface area contributed by atoms with Gasteiger partial charge in [-0.25, -0.2) is 8.42 Å². The van der Waals surface area contributed by atoms with Gasteiger partial charge in [0.1, 0.15) is 0 Å². The lowest BCUT2D eigenvalue weighted by Crippen LogP contribution is -2.36. The van der Waals surface area contributed by atoms with Crippen LogP contribution in [0.5, 0.6) is 0 Å². The van der Waals surface area contributed by atoms with E-state index in [0.29, 0.717) is 30.1 Å². The lowest BCUT2D eigenvalue weighted by atomic mass is 10.0. The normalized spacial score (nSPS) is 14.5. The summed E-state index contributed by atoms with van der Waals surface area (Å²) in [5.41, 5.74) is 2.38. The monoisotopic (exact) mass is 454 g/mol. The van der Waals surface area contributed by atoms with E-state index in [4.69, 9.17) is 4.42 Å². The first kappa shape index (κ1) is 20.1. The highest BCUT2D eigenvalue weighted by molar-refractivity contribution is 9.10. The molecule has 0 aliphatic carbocycles. The average molecular weight is 455 g/mol. The smallest absolute Gasteiger partial charge is 0.294 e. The van der Waals surface area contributed by atoms with Crippen LogP contribution in [0, 0.1) is 6.92 Å². The molecule has 1 amide bonds. The van der Waals surface area contributed by atoms with Crippen molar-refractivity contribution in [2.45, 2.75) is 38.5 Å². The molecule has 146 valence electrons. The third kappa shape index (κ3) is 3.70. The fourth-order valence-corrected chi connectivity index (χ4v) is 5.45. The molecule has 3 rings (SSSR count). The van der Waals surface area contributed by atoms with Crippen LogP contribution in [-0.4, -0.2) is 38.3 Å². The number of anilines is 1. The second-order valence-electron chi connectivity index (χ2n) is 6.50. The second-order valence-corrected chi connectivity index (χ2v) is 9.22. The average Bonchev–Trinajstić information content (AvgIpc) is 2.99. The van der Waals surface area contributed by atoms with Gasteiger partial charge in [0, 0.05) is 30.9 Å². The number of fused-ring (bicyclic) bond motifs is 1. The fraction of sp³-hybridized carbons (Fsp3) is 0.421. The van der Waals surface area contributed by atoms with Crippen LogP contribution in [0.25, 0.3) is 0 Å². The number of hydrogen-bond donors (Lipinski definition) is 0. The van der Waals surface area contributed by atoms with Crippen molar-refractivity contribution in [1.82, 2.24) is 4.31 Å². The van der Waals surface area contributed by atoms with Crippen LogP contribution in [0.2, 0.25) is 0 Å². The summed E-state index contributed by atoms with van der Waals surface area (Å²) in [4.78, 5) is 14.9. The number of rotatable bonds is 5. The van der Waals surface area contributed by atoms with Crippen molar-refractivity contribution >= 4 is 37.5 Å². The molecule has 0 spiro atoms. The van der Waals surface area contributed by atoms with Crippen LogP contribution in [0.3, 0.4) is 0 Å². The Morgan fingerprint density at radius 2 is 1.96 bits per heavy atom. The topological polar surface area (TPSA) is 70.8 Å². The van der Waals surface area contributed by atoms with E-state index in [1.54, 1.807) is 29.2 Å². The summed E-state index contributed by atoms with van der Waals surface area (Å²) in [6.07, 6.45) is 1.51. The predicted octanol–water partition coefficient (Wildman–Crippen LogP) is 3.97. The van der Waals surface area contributed by atoms with E-state index in [1.165, 1.54) is 4.31 Å². The van der Waals surface area contributed by atoms with Crippen molar-refractivity contribution in [1.29, 1.82) is 0 Å². The third-order valence-corrected chi connectivity index (χ3v) is 7.28. The summed E-state index contributed by atoms with van der Waals surface area (Å²) >= 11 is 3.26. The molecule has 27 heavy (non-hydrogen) atoms. The van der Waals surface area contributed by atoms with Crippen LogP contribution in [0.4, 0.5) is 5.69 Å². The lowest BCUT2D eigenvalue weighted by Gasteiger charge is -2.30. The van der Waals surface area contributed by atoms with Crippen molar-refractivity contribution in [2.75, 3.05) is 24.5 Å². The molecule has 0 N–H and O–H groups in total. The van der Waals surface area contributed by atoms with Gasteiger partial charge in [0.15, 0.2) is 10.4 Å². The number of aryl methyl sites for hydroxylation is 2. The van der Waals surface area contributed by atoms with Crippen LogP contribution >= 0.6 is 15.9 Å². The summed E-state index contributed by atoms with van der Waals surface area (Å²) in [5.74, 6) is 0.0908. The molecule has 1 aliphatic heterocycles. The number of sulfonamides is 1. The molecule has 2 heterocycles. The number of benzene rings is 1. The summed E-state index contributed by atoms with van der Waals surface area (Å²) in [6.45, 7) is 6.89. The Hall–Kier alpha value is -1.64. The zero-order valence-corrected chi connectivity index (χ0v) is 18.1. The molecule has 0 unspecified atom stereocenters. The Morgan fingerprint density at radius 1 is 1.26 bits per heavy atom. The number of carbonyl (C=O) groups excluding carboxylic acids is 1. The molecule has 0 bridgehead atoms. The van der Waals surface area contributed by atoms with Gasteiger partial charge in [-0.3, -0.25) is 4.79 Å². The van der Waals surface area contributed by atoms with Gasteiger partial charge in [0.2, 0.25) is 10.0 Å². The number of halogens is 1. The van der Waals surface area contributed by atoms with E-state index in [0.717, 1.165) is 29.7 Å². The van der Waals surface area contributed by atoms with Crippen molar-refractivity contribution in [3.05, 3.63) is 45.8 Å². The number of furan rings is 1. The highest BCUT2D eigenvalue weighted by atomic mass is 79.9. The minimum atomic E-state index is -3.52. The van der Waals surface area contributed by atoms with Gasteiger partial charge in [-0.15, -0.1) is 0 Å². The molecule has 0 saturated heterocycles. The van der Waals surface area contributed by atoms with Crippen LogP contribution in [0.15, 0.2) is 38.2 Å². The van der Waals surface area contributed by atoms with Crippen LogP contribution < -0.4 is 4.90 Å². The van der Waals surface area contributed by atoms with E-state index in [-0.39, 0.29) is 10.8 Å².